The summed E-state index contributed by atoms with van der Waals surface area (Å²) < 4.78 is 5.61. The molecule has 0 aromatic heterocycles. The highest BCUT2D eigenvalue weighted by atomic mass is 35.5. The van der Waals surface area contributed by atoms with Crippen LogP contribution in [0.3, 0.4) is 0 Å². The van der Waals surface area contributed by atoms with E-state index >= 15 is 0 Å². The quantitative estimate of drug-likeness (QED) is 0.340. The fourth-order valence-electron chi connectivity index (χ4n) is 2.38. The van der Waals surface area contributed by atoms with Gasteiger partial charge in [0.1, 0.15) is 11.4 Å². The van der Waals surface area contributed by atoms with Crippen LogP contribution in [0.5, 0.6) is 5.75 Å². The third-order valence-corrected chi connectivity index (χ3v) is 4.22. The molecule has 0 unspecified atom stereocenters. The number of hydrogen-bond acceptors (Lipinski definition) is 3. The highest BCUT2D eigenvalue weighted by Gasteiger charge is 2.14. The number of unbranched alkanes of at least 4 members (excludes halogenated alkanes) is 1. The van der Waals surface area contributed by atoms with Crippen molar-refractivity contribution in [3.05, 3.63) is 83.0 Å². The summed E-state index contributed by atoms with van der Waals surface area (Å²) in [5.41, 5.74) is 1.28. The van der Waals surface area contributed by atoms with E-state index in [1.54, 1.807) is 60.7 Å². The maximum atomic E-state index is 12.6. The van der Waals surface area contributed by atoms with E-state index in [4.69, 9.17) is 16.3 Å². The van der Waals surface area contributed by atoms with Gasteiger partial charge in [-0.2, -0.15) is 0 Å². The Hall–Kier alpha value is -3.05. The fourth-order valence-corrected chi connectivity index (χ4v) is 2.50. The van der Waals surface area contributed by atoms with Crippen LogP contribution < -0.4 is 15.4 Å². The van der Waals surface area contributed by atoms with Gasteiger partial charge in [0.05, 0.1) is 6.61 Å². The van der Waals surface area contributed by atoms with Gasteiger partial charge in [0, 0.05) is 17.1 Å². The van der Waals surface area contributed by atoms with Crippen molar-refractivity contribution in [2.75, 3.05) is 13.2 Å². The second-order valence-corrected chi connectivity index (χ2v) is 6.73. The van der Waals surface area contributed by atoms with Crippen molar-refractivity contribution in [3.8, 4) is 5.75 Å². The minimum atomic E-state index is -0.410. The maximum absolute atomic E-state index is 12.6. The first kappa shape index (κ1) is 22.2. The van der Waals surface area contributed by atoms with E-state index in [-0.39, 0.29) is 18.1 Å². The summed E-state index contributed by atoms with van der Waals surface area (Å²) in [5.74, 6) is -0.0950. The SMILES string of the molecule is C=CCNC(=O)C(=Cc1ccc(Cl)cc1)NC(=O)c1ccc(OCCCC)cc1. The lowest BCUT2D eigenvalue weighted by atomic mass is 10.1. The summed E-state index contributed by atoms with van der Waals surface area (Å²) in [4.78, 5) is 25.1. The van der Waals surface area contributed by atoms with E-state index < -0.39 is 5.91 Å². The Balaban J connectivity index is 2.14. The molecule has 0 saturated carbocycles. The predicted octanol–water partition coefficient (Wildman–Crippen LogP) is 4.59. The maximum Gasteiger partial charge on any atom is 0.268 e. The van der Waals surface area contributed by atoms with Crippen LogP contribution >= 0.6 is 11.6 Å². The molecule has 2 rings (SSSR count). The number of nitrogens with one attached hydrogen (secondary N) is 2. The molecule has 0 aliphatic rings. The monoisotopic (exact) mass is 412 g/mol. The van der Waals surface area contributed by atoms with Gasteiger partial charge in [-0.15, -0.1) is 6.58 Å². The molecule has 0 atom stereocenters. The lowest BCUT2D eigenvalue weighted by molar-refractivity contribution is -0.117. The average molecular weight is 413 g/mol. The van der Waals surface area contributed by atoms with E-state index in [0.717, 1.165) is 18.4 Å². The van der Waals surface area contributed by atoms with Gasteiger partial charge in [0.25, 0.3) is 11.8 Å². The molecule has 29 heavy (non-hydrogen) atoms. The molecule has 2 aromatic carbocycles. The Morgan fingerprint density at radius 3 is 2.41 bits per heavy atom. The number of rotatable bonds is 10. The van der Waals surface area contributed by atoms with Crippen LogP contribution in [0.15, 0.2) is 66.9 Å². The summed E-state index contributed by atoms with van der Waals surface area (Å²) in [5, 5.41) is 5.94. The van der Waals surface area contributed by atoms with Crippen LogP contribution in [0.2, 0.25) is 5.02 Å². The molecule has 2 N–H and O–H groups in total. The van der Waals surface area contributed by atoms with Gasteiger partial charge >= 0.3 is 0 Å². The summed E-state index contributed by atoms with van der Waals surface area (Å²) in [6, 6.07) is 13.8. The summed E-state index contributed by atoms with van der Waals surface area (Å²) in [6.45, 7) is 6.60. The van der Waals surface area contributed by atoms with Crippen LogP contribution in [0.4, 0.5) is 0 Å². The molecular formula is C23H25ClN2O3. The van der Waals surface area contributed by atoms with Gasteiger partial charge in [-0.05, 0) is 54.5 Å². The Kier molecular flexibility index (Phi) is 8.99. The molecule has 0 radical (unpaired) electrons. The first-order valence-corrected chi connectivity index (χ1v) is 9.82. The molecule has 0 spiro atoms. The molecule has 0 saturated heterocycles. The standard InChI is InChI=1S/C23H25ClN2O3/c1-3-5-15-29-20-12-8-18(9-13-20)22(27)26-21(23(28)25-14-4-2)16-17-6-10-19(24)11-7-17/h4,6-13,16H,2-3,5,14-15H2,1H3,(H,25,28)(H,26,27). The van der Waals surface area contributed by atoms with Gasteiger partial charge in [-0.25, -0.2) is 0 Å². The topological polar surface area (TPSA) is 67.4 Å². The smallest absolute Gasteiger partial charge is 0.268 e. The molecule has 2 amide bonds. The number of halogens is 1. The number of ether oxygens (including phenoxy) is 1. The molecule has 6 heteroatoms. The lowest BCUT2D eigenvalue weighted by Crippen LogP contribution is -2.34. The number of benzene rings is 2. The second kappa shape index (κ2) is 11.7. The summed E-state index contributed by atoms with van der Waals surface area (Å²) in [6.07, 6.45) is 5.18. The zero-order chi connectivity index (χ0) is 21.1. The summed E-state index contributed by atoms with van der Waals surface area (Å²) >= 11 is 5.91. The van der Waals surface area contributed by atoms with Crippen molar-refractivity contribution in [1.29, 1.82) is 0 Å². The van der Waals surface area contributed by atoms with E-state index in [0.29, 0.717) is 22.9 Å². The number of carbonyl (C=O) groups is 2. The van der Waals surface area contributed by atoms with Gasteiger partial charge in [-0.1, -0.05) is 43.2 Å². The highest BCUT2D eigenvalue weighted by molar-refractivity contribution is 6.30. The van der Waals surface area contributed by atoms with Crippen LogP contribution in [-0.4, -0.2) is 25.0 Å². The zero-order valence-electron chi connectivity index (χ0n) is 16.4. The van der Waals surface area contributed by atoms with Crippen LogP contribution in [-0.2, 0) is 4.79 Å². The number of amides is 2. The molecule has 0 fully saturated rings. The molecule has 5 nitrogen and oxygen atoms in total. The lowest BCUT2D eigenvalue weighted by Gasteiger charge is -2.11. The van der Waals surface area contributed by atoms with E-state index in [2.05, 4.69) is 24.1 Å². The Labute approximate surface area is 176 Å². The van der Waals surface area contributed by atoms with Crippen molar-refractivity contribution in [2.24, 2.45) is 0 Å². The van der Waals surface area contributed by atoms with E-state index in [1.807, 2.05) is 0 Å². The Morgan fingerprint density at radius 1 is 1.10 bits per heavy atom. The Morgan fingerprint density at radius 2 is 1.79 bits per heavy atom. The van der Waals surface area contributed by atoms with Crippen LogP contribution in [0, 0.1) is 0 Å². The minimum absolute atomic E-state index is 0.127. The highest BCUT2D eigenvalue weighted by Crippen LogP contribution is 2.15. The van der Waals surface area contributed by atoms with E-state index in [1.165, 1.54) is 0 Å². The Bertz CT molecular complexity index is 859. The van der Waals surface area contributed by atoms with Gasteiger partial charge < -0.3 is 15.4 Å². The predicted molar refractivity (Wildman–Crippen MR) is 117 cm³/mol. The number of hydrogen-bond donors (Lipinski definition) is 2. The van der Waals surface area contributed by atoms with Crippen molar-refractivity contribution in [2.45, 2.75) is 19.8 Å². The van der Waals surface area contributed by atoms with Crippen LogP contribution in [0.25, 0.3) is 6.08 Å². The summed E-state index contributed by atoms with van der Waals surface area (Å²) in [7, 11) is 0. The van der Waals surface area contributed by atoms with Crippen molar-refractivity contribution in [1.82, 2.24) is 10.6 Å². The zero-order valence-corrected chi connectivity index (χ0v) is 17.2. The van der Waals surface area contributed by atoms with Gasteiger partial charge in [0.15, 0.2) is 0 Å². The fraction of sp³-hybridized carbons (Fsp3) is 0.217. The van der Waals surface area contributed by atoms with Crippen LogP contribution in [0.1, 0.15) is 35.7 Å². The van der Waals surface area contributed by atoms with E-state index in [9.17, 15) is 9.59 Å². The first-order valence-electron chi connectivity index (χ1n) is 9.44. The molecule has 0 heterocycles. The first-order chi connectivity index (χ1) is 14.0. The molecule has 0 aliphatic carbocycles. The number of carbonyl (C=O) groups excluding carboxylic acids is 2. The molecule has 0 aliphatic heterocycles. The average Bonchev–Trinajstić information content (AvgIpc) is 2.73. The van der Waals surface area contributed by atoms with Crippen molar-refractivity contribution >= 4 is 29.5 Å². The molecular weight excluding hydrogens is 388 g/mol. The molecule has 0 bridgehead atoms. The second-order valence-electron chi connectivity index (χ2n) is 6.29. The van der Waals surface area contributed by atoms with Gasteiger partial charge in [0.2, 0.25) is 0 Å². The normalized spacial score (nSPS) is 10.9. The largest absolute Gasteiger partial charge is 0.494 e. The minimum Gasteiger partial charge on any atom is -0.494 e. The molecule has 2 aromatic rings. The van der Waals surface area contributed by atoms with Crippen molar-refractivity contribution in [3.63, 3.8) is 0 Å². The molecule has 152 valence electrons. The van der Waals surface area contributed by atoms with Gasteiger partial charge in [-0.3, -0.25) is 9.59 Å². The third kappa shape index (κ3) is 7.47. The van der Waals surface area contributed by atoms with Crippen molar-refractivity contribution < 1.29 is 14.3 Å². The third-order valence-electron chi connectivity index (χ3n) is 3.96.